The van der Waals surface area contributed by atoms with Crippen molar-refractivity contribution in [3.63, 3.8) is 0 Å². The summed E-state index contributed by atoms with van der Waals surface area (Å²) in [6, 6.07) is 8.04. The molecular weight excluding hydrogens is 307 g/mol. The summed E-state index contributed by atoms with van der Waals surface area (Å²) in [6.07, 6.45) is 4.19. The zero-order valence-electron chi connectivity index (χ0n) is 13.9. The molecule has 1 aromatic carbocycles. The lowest BCUT2D eigenvalue weighted by Gasteiger charge is -2.39. The minimum atomic E-state index is -0.284. The van der Waals surface area contributed by atoms with Crippen LogP contribution >= 0.6 is 0 Å². The minimum absolute atomic E-state index is 0.0707. The van der Waals surface area contributed by atoms with Crippen molar-refractivity contribution >= 4 is 5.91 Å². The molecule has 0 bridgehead atoms. The summed E-state index contributed by atoms with van der Waals surface area (Å²) < 4.78 is 14.7. The lowest BCUT2D eigenvalue weighted by Crippen LogP contribution is -2.51. The average Bonchev–Trinajstić information content (AvgIpc) is 3.03. The van der Waals surface area contributed by atoms with Crippen LogP contribution in [0.4, 0.5) is 4.39 Å². The average molecular weight is 330 g/mol. The van der Waals surface area contributed by atoms with Crippen LogP contribution in [0.2, 0.25) is 0 Å². The molecule has 0 spiro atoms. The van der Waals surface area contributed by atoms with E-state index in [-0.39, 0.29) is 24.2 Å². The van der Waals surface area contributed by atoms with E-state index in [1.807, 2.05) is 11.0 Å². The molecular formula is C18H23FN4O. The summed E-state index contributed by atoms with van der Waals surface area (Å²) in [5.74, 6) is 0.221. The lowest BCUT2D eigenvalue weighted by molar-refractivity contribution is -0.135. The second-order valence-corrected chi connectivity index (χ2v) is 6.41. The van der Waals surface area contributed by atoms with Gasteiger partial charge < -0.3 is 10.6 Å². The van der Waals surface area contributed by atoms with E-state index in [1.54, 1.807) is 23.0 Å². The first-order chi connectivity index (χ1) is 11.6. The summed E-state index contributed by atoms with van der Waals surface area (Å²) >= 11 is 0. The highest BCUT2D eigenvalue weighted by atomic mass is 19.1. The van der Waals surface area contributed by atoms with E-state index in [1.165, 1.54) is 12.1 Å². The molecule has 1 fully saturated rings. The van der Waals surface area contributed by atoms with E-state index < -0.39 is 0 Å². The minimum Gasteiger partial charge on any atom is -0.338 e. The van der Waals surface area contributed by atoms with Crippen molar-refractivity contribution in [2.24, 2.45) is 11.7 Å². The number of hydrogen-bond donors (Lipinski definition) is 1. The predicted octanol–water partition coefficient (Wildman–Crippen LogP) is 2.14. The Morgan fingerprint density at radius 2 is 2.08 bits per heavy atom. The van der Waals surface area contributed by atoms with Crippen LogP contribution in [0.1, 0.15) is 25.5 Å². The largest absolute Gasteiger partial charge is 0.338 e. The monoisotopic (exact) mass is 330 g/mol. The van der Waals surface area contributed by atoms with Gasteiger partial charge >= 0.3 is 0 Å². The van der Waals surface area contributed by atoms with Crippen LogP contribution in [0.15, 0.2) is 36.5 Å². The van der Waals surface area contributed by atoms with Gasteiger partial charge in [-0.25, -0.2) is 9.07 Å². The summed E-state index contributed by atoms with van der Waals surface area (Å²) in [7, 11) is 0. The van der Waals surface area contributed by atoms with Crippen LogP contribution in [0.3, 0.4) is 0 Å². The number of benzene rings is 1. The highest BCUT2D eigenvalue weighted by Crippen LogP contribution is 2.23. The van der Waals surface area contributed by atoms with Crippen LogP contribution in [0.5, 0.6) is 0 Å². The standard InChI is InChI=1S/C18H23FN4O/c1-13-3-2-9-22(17(13)12-20)18(24)11-15-8-10-23(21-15)16-6-4-14(19)5-7-16/h4-8,10,13,17H,2-3,9,11-12,20H2,1H3/t13-,17-/m0/s1. The second kappa shape index (κ2) is 7.13. The highest BCUT2D eigenvalue weighted by molar-refractivity contribution is 5.78. The SMILES string of the molecule is C[C@H]1CCCN(C(=O)Cc2ccn(-c3ccc(F)cc3)n2)[C@H]1CN. The number of nitrogens with two attached hydrogens (primary N) is 1. The van der Waals surface area contributed by atoms with Crippen molar-refractivity contribution in [2.45, 2.75) is 32.2 Å². The van der Waals surface area contributed by atoms with Gasteiger partial charge in [0.25, 0.3) is 0 Å². The number of amides is 1. The fourth-order valence-electron chi connectivity index (χ4n) is 3.37. The van der Waals surface area contributed by atoms with Gasteiger partial charge in [-0.2, -0.15) is 5.10 Å². The molecule has 3 rings (SSSR count). The van der Waals surface area contributed by atoms with Gasteiger partial charge in [0.1, 0.15) is 5.82 Å². The predicted molar refractivity (Wildman–Crippen MR) is 90.2 cm³/mol. The molecule has 1 aliphatic rings. The van der Waals surface area contributed by atoms with Gasteiger partial charge in [0, 0.05) is 25.3 Å². The first-order valence-corrected chi connectivity index (χ1v) is 8.38. The van der Waals surface area contributed by atoms with E-state index in [0.29, 0.717) is 18.2 Å². The Morgan fingerprint density at radius 1 is 1.33 bits per heavy atom. The number of carbonyl (C=O) groups excluding carboxylic acids is 1. The smallest absolute Gasteiger partial charge is 0.228 e. The Morgan fingerprint density at radius 3 is 2.79 bits per heavy atom. The van der Waals surface area contributed by atoms with E-state index >= 15 is 0 Å². The Kier molecular flexibility index (Phi) is 4.94. The van der Waals surface area contributed by atoms with Crippen LogP contribution in [0.25, 0.3) is 5.69 Å². The molecule has 1 aliphatic heterocycles. The fourth-order valence-corrected chi connectivity index (χ4v) is 3.37. The molecule has 6 heteroatoms. The molecule has 0 aliphatic carbocycles. The summed E-state index contributed by atoms with van der Waals surface area (Å²) in [6.45, 7) is 3.42. The van der Waals surface area contributed by atoms with E-state index in [4.69, 9.17) is 5.73 Å². The molecule has 5 nitrogen and oxygen atoms in total. The van der Waals surface area contributed by atoms with Gasteiger partial charge in [-0.1, -0.05) is 6.92 Å². The van der Waals surface area contributed by atoms with Gasteiger partial charge in [-0.05, 0) is 49.1 Å². The summed E-state index contributed by atoms with van der Waals surface area (Å²) in [5, 5.41) is 4.43. The quantitative estimate of drug-likeness (QED) is 0.934. The van der Waals surface area contributed by atoms with Crippen molar-refractivity contribution in [3.05, 3.63) is 48.0 Å². The van der Waals surface area contributed by atoms with Crippen molar-refractivity contribution in [2.75, 3.05) is 13.1 Å². The van der Waals surface area contributed by atoms with Crippen LogP contribution < -0.4 is 5.73 Å². The van der Waals surface area contributed by atoms with E-state index in [0.717, 1.165) is 25.1 Å². The number of likely N-dealkylation sites (tertiary alicyclic amines) is 1. The number of halogens is 1. The van der Waals surface area contributed by atoms with E-state index in [2.05, 4.69) is 12.0 Å². The molecule has 24 heavy (non-hydrogen) atoms. The molecule has 2 atom stereocenters. The number of hydrogen-bond acceptors (Lipinski definition) is 3. The van der Waals surface area contributed by atoms with Crippen molar-refractivity contribution < 1.29 is 9.18 Å². The maximum atomic E-state index is 13.0. The Bertz CT molecular complexity index is 697. The maximum Gasteiger partial charge on any atom is 0.228 e. The second-order valence-electron chi connectivity index (χ2n) is 6.41. The molecule has 1 amide bonds. The zero-order valence-corrected chi connectivity index (χ0v) is 13.9. The topological polar surface area (TPSA) is 64.2 Å². The molecule has 128 valence electrons. The van der Waals surface area contributed by atoms with Crippen LogP contribution in [-0.4, -0.2) is 39.7 Å². The molecule has 1 aromatic heterocycles. The first kappa shape index (κ1) is 16.6. The number of nitrogens with zero attached hydrogens (tertiary/aromatic N) is 3. The van der Waals surface area contributed by atoms with Crippen LogP contribution in [-0.2, 0) is 11.2 Å². The molecule has 0 radical (unpaired) electrons. The van der Waals surface area contributed by atoms with Crippen molar-refractivity contribution in [3.8, 4) is 5.69 Å². The summed E-state index contributed by atoms with van der Waals surface area (Å²) in [5.41, 5.74) is 7.34. The Balaban J connectivity index is 1.70. The molecule has 0 saturated carbocycles. The number of piperidine rings is 1. The number of rotatable bonds is 4. The lowest BCUT2D eigenvalue weighted by atomic mass is 9.90. The molecule has 0 unspecified atom stereocenters. The van der Waals surface area contributed by atoms with Gasteiger partial charge in [-0.3, -0.25) is 4.79 Å². The zero-order chi connectivity index (χ0) is 17.1. The van der Waals surface area contributed by atoms with Crippen molar-refractivity contribution in [1.29, 1.82) is 0 Å². The fraction of sp³-hybridized carbons (Fsp3) is 0.444. The maximum absolute atomic E-state index is 13.0. The number of carbonyl (C=O) groups is 1. The third-order valence-corrected chi connectivity index (χ3v) is 4.75. The Labute approximate surface area is 141 Å². The van der Waals surface area contributed by atoms with Gasteiger partial charge in [0.15, 0.2) is 0 Å². The normalized spacial score (nSPS) is 21.0. The third kappa shape index (κ3) is 3.48. The van der Waals surface area contributed by atoms with Gasteiger partial charge in [0.05, 0.1) is 17.8 Å². The van der Waals surface area contributed by atoms with Gasteiger partial charge in [0.2, 0.25) is 5.91 Å². The molecule has 2 aromatic rings. The third-order valence-electron chi connectivity index (χ3n) is 4.75. The van der Waals surface area contributed by atoms with Gasteiger partial charge in [-0.15, -0.1) is 0 Å². The molecule has 2 N–H and O–H groups in total. The molecule has 2 heterocycles. The summed E-state index contributed by atoms with van der Waals surface area (Å²) in [4.78, 5) is 14.6. The van der Waals surface area contributed by atoms with Crippen LogP contribution in [0, 0.1) is 11.7 Å². The van der Waals surface area contributed by atoms with E-state index in [9.17, 15) is 9.18 Å². The molecule has 1 saturated heterocycles. The Hall–Kier alpha value is -2.21. The highest BCUT2D eigenvalue weighted by Gasteiger charge is 2.30. The first-order valence-electron chi connectivity index (χ1n) is 8.38. The van der Waals surface area contributed by atoms with Crippen molar-refractivity contribution in [1.82, 2.24) is 14.7 Å². The number of aromatic nitrogens is 2.